The standard InChI is InChI=1S/C23H15Cl2NO3S/c1-29-23(28)16-11-10-15(12-18(16)13-6-8-14(24)9-7-13)26-22(27)21-20(25)17-4-2-3-5-19(17)30-21/h2-12H,1H3,(H,26,27). The highest BCUT2D eigenvalue weighted by Crippen LogP contribution is 2.36. The summed E-state index contributed by atoms with van der Waals surface area (Å²) in [5, 5.41) is 4.73. The maximum atomic E-state index is 12.9. The van der Waals surface area contributed by atoms with E-state index in [0.29, 0.717) is 31.7 Å². The molecular weight excluding hydrogens is 441 g/mol. The van der Waals surface area contributed by atoms with E-state index in [2.05, 4.69) is 5.32 Å². The van der Waals surface area contributed by atoms with Gasteiger partial charge >= 0.3 is 5.97 Å². The molecule has 0 atom stereocenters. The Bertz CT molecular complexity index is 1270. The van der Waals surface area contributed by atoms with Gasteiger partial charge in [0.05, 0.1) is 17.7 Å². The number of fused-ring (bicyclic) bond motifs is 1. The molecule has 4 rings (SSSR count). The van der Waals surface area contributed by atoms with Crippen molar-refractivity contribution in [2.24, 2.45) is 0 Å². The van der Waals surface area contributed by atoms with Crippen molar-refractivity contribution in [3.8, 4) is 11.1 Å². The predicted octanol–water partition coefficient (Wildman–Crippen LogP) is 6.91. The zero-order chi connectivity index (χ0) is 21.3. The molecule has 30 heavy (non-hydrogen) atoms. The van der Waals surface area contributed by atoms with Crippen LogP contribution in [0.4, 0.5) is 5.69 Å². The van der Waals surface area contributed by atoms with E-state index in [1.54, 1.807) is 42.5 Å². The lowest BCUT2D eigenvalue weighted by molar-refractivity contribution is 0.0601. The fourth-order valence-corrected chi connectivity index (χ4v) is 4.66. The van der Waals surface area contributed by atoms with Crippen LogP contribution in [0.15, 0.2) is 66.7 Å². The number of rotatable bonds is 4. The van der Waals surface area contributed by atoms with E-state index in [4.69, 9.17) is 27.9 Å². The van der Waals surface area contributed by atoms with Crippen molar-refractivity contribution in [2.45, 2.75) is 0 Å². The van der Waals surface area contributed by atoms with Crippen molar-refractivity contribution >= 4 is 62.2 Å². The van der Waals surface area contributed by atoms with Gasteiger partial charge in [-0.3, -0.25) is 4.79 Å². The SMILES string of the molecule is COC(=O)c1ccc(NC(=O)c2sc3ccccc3c2Cl)cc1-c1ccc(Cl)cc1. The Kier molecular flexibility index (Phi) is 5.77. The molecular formula is C23H15Cl2NO3S. The molecule has 0 aliphatic heterocycles. The molecule has 7 heteroatoms. The molecule has 1 N–H and O–H groups in total. The maximum absolute atomic E-state index is 12.9. The first-order chi connectivity index (χ1) is 14.5. The van der Waals surface area contributed by atoms with Crippen LogP contribution >= 0.6 is 34.5 Å². The molecule has 0 fully saturated rings. The van der Waals surface area contributed by atoms with Crippen molar-refractivity contribution in [3.05, 3.63) is 87.2 Å². The van der Waals surface area contributed by atoms with Crippen LogP contribution in [0.3, 0.4) is 0 Å². The van der Waals surface area contributed by atoms with Crippen LogP contribution in [0.5, 0.6) is 0 Å². The number of amides is 1. The van der Waals surface area contributed by atoms with Crippen molar-refractivity contribution in [3.63, 3.8) is 0 Å². The fraction of sp³-hybridized carbons (Fsp3) is 0.0435. The van der Waals surface area contributed by atoms with Crippen molar-refractivity contribution in [1.29, 1.82) is 0 Å². The predicted molar refractivity (Wildman–Crippen MR) is 123 cm³/mol. The maximum Gasteiger partial charge on any atom is 0.338 e. The average Bonchev–Trinajstić information content (AvgIpc) is 3.10. The highest BCUT2D eigenvalue weighted by atomic mass is 35.5. The van der Waals surface area contributed by atoms with Gasteiger partial charge in [-0.1, -0.05) is 53.5 Å². The van der Waals surface area contributed by atoms with Crippen LogP contribution in [0, 0.1) is 0 Å². The van der Waals surface area contributed by atoms with Gasteiger partial charge in [0.15, 0.2) is 0 Å². The van der Waals surface area contributed by atoms with Crippen LogP contribution in [0.1, 0.15) is 20.0 Å². The normalized spacial score (nSPS) is 10.8. The summed E-state index contributed by atoms with van der Waals surface area (Å²) in [6.45, 7) is 0. The molecule has 150 valence electrons. The van der Waals surface area contributed by atoms with E-state index in [9.17, 15) is 9.59 Å². The molecule has 0 radical (unpaired) electrons. The van der Waals surface area contributed by atoms with Gasteiger partial charge in [-0.2, -0.15) is 0 Å². The zero-order valence-corrected chi connectivity index (χ0v) is 18.1. The second kappa shape index (κ2) is 8.48. The lowest BCUT2D eigenvalue weighted by Crippen LogP contribution is -2.11. The minimum absolute atomic E-state index is 0.311. The smallest absolute Gasteiger partial charge is 0.338 e. The van der Waals surface area contributed by atoms with Crippen LogP contribution in [-0.2, 0) is 4.74 Å². The fourth-order valence-electron chi connectivity index (χ4n) is 3.13. The second-order valence-corrected chi connectivity index (χ2v) is 8.32. The first-order valence-corrected chi connectivity index (χ1v) is 10.5. The van der Waals surface area contributed by atoms with E-state index in [1.165, 1.54) is 18.4 Å². The zero-order valence-electron chi connectivity index (χ0n) is 15.7. The van der Waals surface area contributed by atoms with Crippen LogP contribution in [-0.4, -0.2) is 19.0 Å². The van der Waals surface area contributed by atoms with Gasteiger partial charge in [-0.05, 0) is 47.5 Å². The molecule has 3 aromatic carbocycles. The largest absolute Gasteiger partial charge is 0.465 e. The Balaban J connectivity index is 1.71. The third-order valence-corrected chi connectivity index (χ3v) is 6.51. The number of thiophene rings is 1. The second-order valence-electron chi connectivity index (χ2n) is 6.45. The summed E-state index contributed by atoms with van der Waals surface area (Å²) < 4.78 is 5.83. The topological polar surface area (TPSA) is 55.4 Å². The quantitative estimate of drug-likeness (QED) is 0.340. The Hall–Kier alpha value is -2.86. The molecule has 0 unspecified atom stereocenters. The molecule has 1 heterocycles. The molecule has 4 nitrogen and oxygen atoms in total. The number of anilines is 1. The van der Waals surface area contributed by atoms with Gasteiger partial charge < -0.3 is 10.1 Å². The van der Waals surface area contributed by atoms with Gasteiger partial charge in [-0.15, -0.1) is 11.3 Å². The number of hydrogen-bond donors (Lipinski definition) is 1. The molecule has 0 bridgehead atoms. The molecule has 1 amide bonds. The molecule has 0 saturated carbocycles. The van der Waals surface area contributed by atoms with E-state index in [1.807, 2.05) is 24.3 Å². The van der Waals surface area contributed by atoms with Crippen molar-refractivity contribution in [2.75, 3.05) is 12.4 Å². The van der Waals surface area contributed by atoms with E-state index in [0.717, 1.165) is 15.6 Å². The average molecular weight is 456 g/mol. The van der Waals surface area contributed by atoms with Crippen LogP contribution in [0.2, 0.25) is 10.0 Å². The number of carbonyl (C=O) groups is 2. The highest BCUT2D eigenvalue weighted by Gasteiger charge is 2.19. The number of carbonyl (C=O) groups excluding carboxylic acids is 2. The number of methoxy groups -OCH3 is 1. The van der Waals surface area contributed by atoms with Gasteiger partial charge in [-0.25, -0.2) is 4.79 Å². The Morgan fingerprint density at radius 2 is 1.70 bits per heavy atom. The third kappa shape index (κ3) is 3.92. The summed E-state index contributed by atoms with van der Waals surface area (Å²) in [6.07, 6.45) is 0. The number of nitrogens with one attached hydrogen (secondary N) is 1. The summed E-state index contributed by atoms with van der Waals surface area (Å²) in [5.74, 6) is -0.778. The van der Waals surface area contributed by atoms with Crippen LogP contribution in [0.25, 0.3) is 21.2 Å². The van der Waals surface area contributed by atoms with E-state index < -0.39 is 5.97 Å². The molecule has 1 aromatic heterocycles. The van der Waals surface area contributed by atoms with E-state index in [-0.39, 0.29) is 5.91 Å². The summed E-state index contributed by atoms with van der Waals surface area (Å²) in [5.41, 5.74) is 2.32. The molecule has 0 spiro atoms. The van der Waals surface area contributed by atoms with Crippen molar-refractivity contribution in [1.82, 2.24) is 0 Å². The number of esters is 1. The summed E-state index contributed by atoms with van der Waals surface area (Å²) in [7, 11) is 1.33. The van der Waals surface area contributed by atoms with Crippen molar-refractivity contribution < 1.29 is 14.3 Å². The van der Waals surface area contributed by atoms with Gasteiger partial charge in [0.2, 0.25) is 0 Å². The third-order valence-electron chi connectivity index (χ3n) is 4.58. The lowest BCUT2D eigenvalue weighted by Gasteiger charge is -2.12. The summed E-state index contributed by atoms with van der Waals surface area (Å²) in [6, 6.07) is 19.7. The number of halogens is 2. The Morgan fingerprint density at radius 1 is 0.967 bits per heavy atom. The minimum Gasteiger partial charge on any atom is -0.465 e. The minimum atomic E-state index is -0.467. The van der Waals surface area contributed by atoms with Gasteiger partial charge in [0.25, 0.3) is 5.91 Å². The lowest BCUT2D eigenvalue weighted by atomic mass is 9.99. The van der Waals surface area contributed by atoms with Gasteiger partial charge in [0.1, 0.15) is 4.88 Å². The monoisotopic (exact) mass is 455 g/mol. The molecule has 0 saturated heterocycles. The van der Waals surface area contributed by atoms with Gasteiger partial charge in [0, 0.05) is 20.8 Å². The summed E-state index contributed by atoms with van der Waals surface area (Å²) in [4.78, 5) is 25.5. The first-order valence-electron chi connectivity index (χ1n) is 8.94. The molecule has 0 aliphatic rings. The Morgan fingerprint density at radius 3 is 2.40 bits per heavy atom. The number of ether oxygens (including phenoxy) is 1. The first kappa shape index (κ1) is 20.4. The molecule has 0 aliphatic carbocycles. The van der Waals surface area contributed by atoms with Crippen LogP contribution < -0.4 is 5.32 Å². The number of hydrogen-bond acceptors (Lipinski definition) is 4. The Labute approximate surface area is 187 Å². The highest BCUT2D eigenvalue weighted by molar-refractivity contribution is 7.21. The summed E-state index contributed by atoms with van der Waals surface area (Å²) >= 11 is 13.7. The number of benzene rings is 3. The molecule has 4 aromatic rings. The van der Waals surface area contributed by atoms with E-state index >= 15 is 0 Å².